The molecule has 0 spiro atoms. The van der Waals surface area contributed by atoms with Gasteiger partial charge in [-0.3, -0.25) is 0 Å². The molecule has 0 aliphatic heterocycles. The van der Waals surface area contributed by atoms with Crippen LogP contribution in [0.3, 0.4) is 0 Å². The Morgan fingerprint density at radius 1 is 0.383 bits per heavy atom. The van der Waals surface area contributed by atoms with E-state index in [1.54, 1.807) is 6.07 Å². The zero-order valence-corrected chi connectivity index (χ0v) is 25.2. The summed E-state index contributed by atoms with van der Waals surface area (Å²) in [5.41, 5.74) is 6.53. The normalized spacial score (nSPS) is 13.3. The lowest BCUT2D eigenvalue weighted by atomic mass is 9.83. The first-order valence-electron chi connectivity index (χ1n) is 18.3. The van der Waals surface area contributed by atoms with Gasteiger partial charge in [0.1, 0.15) is 11.2 Å². The van der Waals surface area contributed by atoms with E-state index in [4.69, 9.17) is 11.3 Å². The molecule has 0 radical (unpaired) electrons. The number of hydrogen-bond donors (Lipinski definition) is 0. The van der Waals surface area contributed by atoms with Gasteiger partial charge in [0.05, 0.1) is 6.85 Å². The van der Waals surface area contributed by atoms with E-state index in [0.717, 1.165) is 43.4 Å². The van der Waals surface area contributed by atoms with Crippen LogP contribution < -0.4 is 0 Å². The molecule has 1 nitrogen and oxygen atoms in total. The van der Waals surface area contributed by atoms with E-state index in [-0.39, 0.29) is 29.7 Å². The topological polar surface area (TPSA) is 13.1 Å². The summed E-state index contributed by atoms with van der Waals surface area (Å²) in [7, 11) is 0. The summed E-state index contributed by atoms with van der Waals surface area (Å²) in [5, 5.41) is 11.1. The highest BCUT2D eigenvalue weighted by atomic mass is 16.3. The largest absolute Gasteiger partial charge is 0.456 e. The minimum atomic E-state index is -0.408. The fraction of sp³-hybridized carbons (Fsp3) is 0. The molecule has 0 fully saturated rings. The zero-order chi connectivity index (χ0) is 35.2. The highest BCUT2D eigenvalue weighted by molar-refractivity contribution is 6.28. The fourth-order valence-corrected chi connectivity index (χ4v) is 7.55. The SMILES string of the molecule is [2H]c1c([2H])c([2H])c(-c2ccc3oc4cccc(-c5c6ccccc6c(-c6cc7ccccc7c7ccccc67)c6ccccc56)c4c3c2)c([2H])c1[2H]. The lowest BCUT2D eigenvalue weighted by molar-refractivity contribution is 0.669. The van der Waals surface area contributed by atoms with Crippen LogP contribution in [0.1, 0.15) is 6.85 Å². The molecule has 1 aromatic heterocycles. The van der Waals surface area contributed by atoms with E-state index in [1.807, 2.05) is 24.3 Å². The van der Waals surface area contributed by atoms with Crippen molar-refractivity contribution in [3.63, 3.8) is 0 Å². The van der Waals surface area contributed by atoms with E-state index >= 15 is 0 Å². The fourth-order valence-electron chi connectivity index (χ4n) is 7.55. The molecule has 1 heterocycles. The second-order valence-corrected chi connectivity index (χ2v) is 12.0. The molecule has 9 aromatic carbocycles. The summed E-state index contributed by atoms with van der Waals surface area (Å²) in [4.78, 5) is 0. The molecule has 218 valence electrons. The summed E-state index contributed by atoms with van der Waals surface area (Å²) in [6.07, 6.45) is 0. The number of furan rings is 1. The van der Waals surface area contributed by atoms with Crippen LogP contribution in [0.4, 0.5) is 0 Å². The van der Waals surface area contributed by atoms with Crippen LogP contribution in [0.5, 0.6) is 0 Å². The van der Waals surface area contributed by atoms with Crippen LogP contribution in [-0.2, 0) is 0 Å². The van der Waals surface area contributed by atoms with Crippen molar-refractivity contribution in [1.29, 1.82) is 0 Å². The number of fused-ring (bicyclic) bond motifs is 8. The van der Waals surface area contributed by atoms with Gasteiger partial charge in [0.15, 0.2) is 0 Å². The zero-order valence-electron chi connectivity index (χ0n) is 30.2. The molecule has 0 aliphatic rings. The van der Waals surface area contributed by atoms with Crippen LogP contribution in [0.25, 0.3) is 98.4 Å². The van der Waals surface area contributed by atoms with E-state index in [9.17, 15) is 0 Å². The van der Waals surface area contributed by atoms with Crippen LogP contribution in [0, 0.1) is 0 Å². The van der Waals surface area contributed by atoms with Gasteiger partial charge in [0.25, 0.3) is 0 Å². The second kappa shape index (κ2) is 10.2. The highest BCUT2D eigenvalue weighted by Gasteiger charge is 2.21. The van der Waals surface area contributed by atoms with Crippen molar-refractivity contribution in [2.45, 2.75) is 0 Å². The Hall–Kier alpha value is -6.18. The highest BCUT2D eigenvalue weighted by Crippen LogP contribution is 2.48. The molecular weight excluding hydrogens is 569 g/mol. The molecule has 0 amide bonds. The summed E-state index contributed by atoms with van der Waals surface area (Å²) < 4.78 is 48.4. The predicted octanol–water partition coefficient (Wildman–Crippen LogP) is 13.2. The van der Waals surface area contributed by atoms with Crippen LogP contribution >= 0.6 is 0 Å². The van der Waals surface area contributed by atoms with E-state index in [0.29, 0.717) is 16.7 Å². The van der Waals surface area contributed by atoms with Gasteiger partial charge in [-0.05, 0) is 101 Å². The van der Waals surface area contributed by atoms with Crippen LogP contribution in [-0.4, -0.2) is 0 Å². The van der Waals surface area contributed by atoms with Crippen molar-refractivity contribution in [2.24, 2.45) is 0 Å². The molecule has 10 aromatic rings. The Morgan fingerprint density at radius 2 is 0.979 bits per heavy atom. The third kappa shape index (κ3) is 3.90. The lowest BCUT2D eigenvalue weighted by Gasteiger charge is -2.20. The van der Waals surface area contributed by atoms with Gasteiger partial charge in [-0.15, -0.1) is 0 Å². The van der Waals surface area contributed by atoms with Crippen molar-refractivity contribution >= 4 is 65.0 Å². The van der Waals surface area contributed by atoms with Gasteiger partial charge in [0, 0.05) is 10.8 Å². The average molecular weight is 602 g/mol. The maximum Gasteiger partial charge on any atom is 0.136 e. The van der Waals surface area contributed by atoms with E-state index in [1.165, 1.54) is 32.7 Å². The summed E-state index contributed by atoms with van der Waals surface area (Å²) in [6, 6.07) is 46.8. The standard InChI is InChI=1S/C46H28O/c1-2-13-29(14-3-1)30-25-26-42-41(27-30)46-39(23-12-24-43(46)47-42)44-35-19-8-10-21-37(35)45(38-22-11-9-20-36(38)44)40-28-31-15-4-5-16-32(31)33-17-6-7-18-34(33)40/h1-28H/i1D,2D,3D,13D,14D. The Bertz CT molecular complexity index is 3050. The molecule has 0 bridgehead atoms. The first-order valence-corrected chi connectivity index (χ1v) is 15.8. The first-order chi connectivity index (χ1) is 25.4. The van der Waals surface area contributed by atoms with Gasteiger partial charge in [0.2, 0.25) is 0 Å². The third-order valence-electron chi connectivity index (χ3n) is 9.52. The quantitative estimate of drug-likeness (QED) is 0.145. The molecule has 0 unspecified atom stereocenters. The van der Waals surface area contributed by atoms with Crippen molar-refractivity contribution in [3.8, 4) is 33.4 Å². The molecular formula is C46H28O. The minimum absolute atomic E-state index is 0.169. The molecule has 0 atom stereocenters. The Balaban J connectivity index is 1.31. The van der Waals surface area contributed by atoms with Crippen LogP contribution in [0.2, 0.25) is 0 Å². The second-order valence-electron chi connectivity index (χ2n) is 12.0. The third-order valence-corrected chi connectivity index (χ3v) is 9.52. The Kier molecular flexibility index (Phi) is 4.66. The monoisotopic (exact) mass is 601 g/mol. The number of rotatable bonds is 3. The van der Waals surface area contributed by atoms with Crippen molar-refractivity contribution in [3.05, 3.63) is 170 Å². The van der Waals surface area contributed by atoms with Gasteiger partial charge in [-0.25, -0.2) is 0 Å². The van der Waals surface area contributed by atoms with E-state index in [2.05, 4.69) is 109 Å². The minimum Gasteiger partial charge on any atom is -0.456 e. The molecule has 1 heteroatoms. The predicted molar refractivity (Wildman–Crippen MR) is 200 cm³/mol. The average Bonchev–Trinajstić information content (AvgIpc) is 3.57. The Labute approximate surface area is 279 Å². The summed E-state index contributed by atoms with van der Waals surface area (Å²) >= 11 is 0. The van der Waals surface area contributed by atoms with Gasteiger partial charge in [-0.2, -0.15) is 0 Å². The van der Waals surface area contributed by atoms with E-state index < -0.39 is 6.04 Å². The maximum absolute atomic E-state index is 8.65. The van der Waals surface area contributed by atoms with Crippen molar-refractivity contribution in [1.82, 2.24) is 0 Å². The van der Waals surface area contributed by atoms with Crippen molar-refractivity contribution in [2.75, 3.05) is 0 Å². The lowest BCUT2D eigenvalue weighted by Crippen LogP contribution is -1.92. The van der Waals surface area contributed by atoms with Gasteiger partial charge < -0.3 is 4.42 Å². The summed E-state index contributed by atoms with van der Waals surface area (Å²) in [6.45, 7) is 0. The molecule has 0 saturated carbocycles. The van der Waals surface area contributed by atoms with Gasteiger partial charge in [-0.1, -0.05) is 145 Å². The molecule has 47 heavy (non-hydrogen) atoms. The summed E-state index contributed by atoms with van der Waals surface area (Å²) in [5.74, 6) is 0. The maximum atomic E-state index is 8.65. The molecule has 0 aliphatic carbocycles. The first kappa shape index (κ1) is 21.5. The van der Waals surface area contributed by atoms with Crippen LogP contribution in [0.15, 0.2) is 174 Å². The van der Waals surface area contributed by atoms with Gasteiger partial charge >= 0.3 is 0 Å². The molecule has 10 rings (SSSR count). The molecule has 0 N–H and O–H groups in total. The number of benzene rings is 9. The van der Waals surface area contributed by atoms with Crippen molar-refractivity contribution < 1.29 is 11.3 Å². The molecule has 0 saturated heterocycles. The number of hydrogen-bond acceptors (Lipinski definition) is 1. The Morgan fingerprint density at radius 3 is 1.68 bits per heavy atom. The smallest absolute Gasteiger partial charge is 0.136 e.